The van der Waals surface area contributed by atoms with Gasteiger partial charge in [0.15, 0.2) is 0 Å². The maximum absolute atomic E-state index is 12.7. The van der Waals surface area contributed by atoms with Gasteiger partial charge in [0.1, 0.15) is 6.54 Å². The number of nitrogens with zero attached hydrogens (tertiary/aromatic N) is 2. The first kappa shape index (κ1) is 22.9. The number of rotatable bonds is 7. The number of benzene rings is 2. The zero-order chi connectivity index (χ0) is 21.8. The number of hydrogen-bond acceptors (Lipinski definition) is 3. The van der Waals surface area contributed by atoms with Gasteiger partial charge in [-0.3, -0.25) is 4.79 Å². The standard InChI is InChI=1S/C22H31N3O3S/c1-17(18-12-14-19(15-13-18)22(2,3)4)23-21(26)16-25(29(27,28)24(5)6)20-10-8-7-9-11-20/h7-15,17H,16H2,1-6H3,(H,23,26). The van der Waals surface area contributed by atoms with Gasteiger partial charge in [0.05, 0.1) is 11.7 Å². The van der Waals surface area contributed by atoms with Crippen molar-refractivity contribution in [3.63, 3.8) is 0 Å². The van der Waals surface area contributed by atoms with Gasteiger partial charge in [0.2, 0.25) is 5.91 Å². The van der Waals surface area contributed by atoms with Crippen molar-refractivity contribution in [3.05, 3.63) is 65.7 Å². The molecule has 1 unspecified atom stereocenters. The van der Waals surface area contributed by atoms with Gasteiger partial charge in [0.25, 0.3) is 0 Å². The van der Waals surface area contributed by atoms with Gasteiger partial charge >= 0.3 is 10.2 Å². The molecule has 0 radical (unpaired) electrons. The molecule has 6 nitrogen and oxygen atoms in total. The van der Waals surface area contributed by atoms with E-state index in [9.17, 15) is 13.2 Å². The normalized spacial score (nSPS) is 13.2. The van der Waals surface area contributed by atoms with E-state index in [2.05, 4.69) is 38.2 Å². The van der Waals surface area contributed by atoms with Crippen LogP contribution in [0.25, 0.3) is 0 Å². The first-order chi connectivity index (χ1) is 13.4. The van der Waals surface area contributed by atoms with Crippen molar-refractivity contribution in [2.24, 2.45) is 0 Å². The van der Waals surface area contributed by atoms with Crippen LogP contribution in [0.3, 0.4) is 0 Å². The summed E-state index contributed by atoms with van der Waals surface area (Å²) < 4.78 is 27.7. The van der Waals surface area contributed by atoms with Crippen LogP contribution in [0.15, 0.2) is 54.6 Å². The Morgan fingerprint density at radius 1 is 1.00 bits per heavy atom. The lowest BCUT2D eigenvalue weighted by atomic mass is 9.86. The number of amides is 1. The first-order valence-corrected chi connectivity index (χ1v) is 11.0. The summed E-state index contributed by atoms with van der Waals surface area (Å²) in [4.78, 5) is 12.7. The van der Waals surface area contributed by atoms with E-state index in [4.69, 9.17) is 0 Å². The van der Waals surface area contributed by atoms with E-state index in [-0.39, 0.29) is 23.9 Å². The molecule has 0 aliphatic heterocycles. The van der Waals surface area contributed by atoms with Crippen molar-refractivity contribution in [2.75, 3.05) is 24.9 Å². The molecule has 1 N–H and O–H groups in total. The van der Waals surface area contributed by atoms with Gasteiger partial charge in [-0.25, -0.2) is 4.31 Å². The molecule has 0 aliphatic rings. The molecule has 0 spiro atoms. The van der Waals surface area contributed by atoms with Crippen molar-refractivity contribution >= 4 is 21.8 Å². The minimum Gasteiger partial charge on any atom is -0.348 e. The topological polar surface area (TPSA) is 69.7 Å². The monoisotopic (exact) mass is 417 g/mol. The lowest BCUT2D eigenvalue weighted by Crippen LogP contribution is -2.46. The van der Waals surface area contributed by atoms with Crippen molar-refractivity contribution in [2.45, 2.75) is 39.2 Å². The van der Waals surface area contributed by atoms with Crippen LogP contribution in [0.2, 0.25) is 0 Å². The predicted molar refractivity (Wildman–Crippen MR) is 118 cm³/mol. The van der Waals surface area contributed by atoms with E-state index in [1.807, 2.05) is 19.1 Å². The summed E-state index contributed by atoms with van der Waals surface area (Å²) in [7, 11) is -0.910. The highest BCUT2D eigenvalue weighted by atomic mass is 32.2. The lowest BCUT2D eigenvalue weighted by molar-refractivity contribution is -0.120. The minimum absolute atomic E-state index is 0.0573. The van der Waals surface area contributed by atoms with E-state index in [0.29, 0.717) is 5.69 Å². The van der Waals surface area contributed by atoms with E-state index >= 15 is 0 Å². The summed E-state index contributed by atoms with van der Waals surface area (Å²) in [5.74, 6) is -0.369. The van der Waals surface area contributed by atoms with Crippen LogP contribution in [0, 0.1) is 0 Å². The van der Waals surface area contributed by atoms with Crippen LogP contribution in [0.4, 0.5) is 5.69 Å². The largest absolute Gasteiger partial charge is 0.348 e. The van der Waals surface area contributed by atoms with Crippen LogP contribution in [0.5, 0.6) is 0 Å². The van der Waals surface area contributed by atoms with Crippen molar-refractivity contribution in [1.29, 1.82) is 0 Å². The zero-order valence-electron chi connectivity index (χ0n) is 18.0. The maximum atomic E-state index is 12.7. The van der Waals surface area contributed by atoms with Crippen LogP contribution in [-0.2, 0) is 20.4 Å². The van der Waals surface area contributed by atoms with Crippen LogP contribution in [-0.4, -0.2) is 39.3 Å². The van der Waals surface area contributed by atoms with E-state index < -0.39 is 10.2 Å². The predicted octanol–water partition coefficient (Wildman–Crippen LogP) is 3.47. The molecule has 2 rings (SSSR count). The minimum atomic E-state index is -3.80. The first-order valence-electron chi connectivity index (χ1n) is 9.58. The van der Waals surface area contributed by atoms with Gasteiger partial charge in [0, 0.05) is 14.1 Å². The van der Waals surface area contributed by atoms with E-state index in [0.717, 1.165) is 14.2 Å². The number of nitrogens with one attached hydrogen (secondary N) is 1. The van der Waals surface area contributed by atoms with Crippen LogP contribution < -0.4 is 9.62 Å². The summed E-state index contributed by atoms with van der Waals surface area (Å²) in [6, 6.07) is 16.5. The zero-order valence-corrected chi connectivity index (χ0v) is 18.8. The molecule has 2 aromatic carbocycles. The molecule has 0 fully saturated rings. The molecule has 0 bridgehead atoms. The van der Waals surface area contributed by atoms with E-state index in [1.165, 1.54) is 19.7 Å². The smallest absolute Gasteiger partial charge is 0.304 e. The SMILES string of the molecule is CC(NC(=O)CN(c1ccccc1)S(=O)(=O)N(C)C)c1ccc(C(C)(C)C)cc1. The average Bonchev–Trinajstić information content (AvgIpc) is 2.66. The summed E-state index contributed by atoms with van der Waals surface area (Å²) in [6.45, 7) is 8.04. The molecule has 1 atom stereocenters. The summed E-state index contributed by atoms with van der Waals surface area (Å²) in [5, 5.41) is 2.90. The highest BCUT2D eigenvalue weighted by molar-refractivity contribution is 7.90. The quantitative estimate of drug-likeness (QED) is 0.750. The van der Waals surface area contributed by atoms with Gasteiger partial charge in [-0.05, 0) is 35.6 Å². The lowest BCUT2D eigenvalue weighted by Gasteiger charge is -2.27. The number of carbonyl (C=O) groups excluding carboxylic acids is 1. The highest BCUT2D eigenvalue weighted by Gasteiger charge is 2.27. The van der Waals surface area contributed by atoms with Crippen LogP contribution in [0.1, 0.15) is 44.9 Å². The third kappa shape index (κ3) is 5.81. The molecule has 2 aromatic rings. The second-order valence-corrected chi connectivity index (χ2v) is 10.4. The molecule has 7 heteroatoms. The molecule has 1 amide bonds. The van der Waals surface area contributed by atoms with Gasteiger partial charge in [-0.15, -0.1) is 0 Å². The Labute approximate surface area is 174 Å². The van der Waals surface area contributed by atoms with Crippen LogP contribution >= 0.6 is 0 Å². The molecule has 0 aromatic heterocycles. The fourth-order valence-corrected chi connectivity index (χ4v) is 3.93. The Kier molecular flexibility index (Phi) is 7.08. The maximum Gasteiger partial charge on any atom is 0.304 e. The second kappa shape index (κ2) is 8.97. The average molecular weight is 418 g/mol. The summed E-state index contributed by atoms with van der Waals surface area (Å²) in [6.07, 6.45) is 0. The molecule has 29 heavy (non-hydrogen) atoms. The van der Waals surface area contributed by atoms with Crippen molar-refractivity contribution < 1.29 is 13.2 Å². The Morgan fingerprint density at radius 2 is 1.55 bits per heavy atom. The van der Waals surface area contributed by atoms with Crippen molar-refractivity contribution in [1.82, 2.24) is 9.62 Å². The number of para-hydroxylation sites is 1. The summed E-state index contributed by atoms with van der Waals surface area (Å²) >= 11 is 0. The third-order valence-corrected chi connectivity index (χ3v) is 6.55. The molecule has 0 saturated heterocycles. The number of anilines is 1. The molecule has 158 valence electrons. The summed E-state index contributed by atoms with van der Waals surface area (Å²) in [5.41, 5.74) is 2.68. The van der Waals surface area contributed by atoms with Gasteiger partial charge in [-0.1, -0.05) is 63.2 Å². The third-order valence-electron chi connectivity index (χ3n) is 4.73. The molecular formula is C22H31N3O3S. The van der Waals surface area contributed by atoms with E-state index in [1.54, 1.807) is 30.3 Å². The second-order valence-electron chi connectivity index (χ2n) is 8.29. The Hall–Kier alpha value is -2.38. The Morgan fingerprint density at radius 3 is 2.03 bits per heavy atom. The Balaban J connectivity index is 2.16. The molecule has 0 saturated carbocycles. The highest BCUT2D eigenvalue weighted by Crippen LogP contribution is 2.24. The molecule has 0 aliphatic carbocycles. The number of carbonyl (C=O) groups is 1. The van der Waals surface area contributed by atoms with Gasteiger partial charge < -0.3 is 5.32 Å². The molecular weight excluding hydrogens is 386 g/mol. The van der Waals surface area contributed by atoms with Crippen molar-refractivity contribution in [3.8, 4) is 0 Å². The number of hydrogen-bond donors (Lipinski definition) is 1. The fourth-order valence-electron chi connectivity index (χ4n) is 2.87. The van der Waals surface area contributed by atoms with Gasteiger partial charge in [-0.2, -0.15) is 12.7 Å². The molecule has 0 heterocycles. The Bertz CT molecular complexity index is 918. The fraction of sp³-hybridized carbons (Fsp3) is 0.409.